The molecule has 25 heavy (non-hydrogen) atoms. The van der Waals surface area contributed by atoms with Crippen LogP contribution in [0.4, 0.5) is 10.2 Å². The number of aryl methyl sites for hydroxylation is 1. The molecular formula is C20H25FN4. The quantitative estimate of drug-likeness (QED) is 0.857. The molecule has 2 aromatic rings. The van der Waals surface area contributed by atoms with Gasteiger partial charge in [-0.05, 0) is 62.6 Å². The number of benzene rings is 1. The number of hydrogen-bond donors (Lipinski definition) is 0. The van der Waals surface area contributed by atoms with Crippen LogP contribution in [0.15, 0.2) is 36.4 Å². The average molecular weight is 340 g/mol. The highest BCUT2D eigenvalue weighted by atomic mass is 19.1. The van der Waals surface area contributed by atoms with Crippen molar-refractivity contribution in [3.63, 3.8) is 0 Å². The molecule has 1 aromatic carbocycles. The maximum absolute atomic E-state index is 13.1. The summed E-state index contributed by atoms with van der Waals surface area (Å²) in [4.78, 5) is 4.91. The van der Waals surface area contributed by atoms with Crippen molar-refractivity contribution in [1.29, 1.82) is 0 Å². The Morgan fingerprint density at radius 3 is 2.60 bits per heavy atom. The Morgan fingerprint density at radius 1 is 1.00 bits per heavy atom. The van der Waals surface area contributed by atoms with E-state index in [1.54, 1.807) is 12.1 Å². The average Bonchev–Trinajstić information content (AvgIpc) is 2.99. The molecule has 4 nitrogen and oxygen atoms in total. The number of likely N-dealkylation sites (tertiary alicyclic amines) is 1. The predicted octanol–water partition coefficient (Wildman–Crippen LogP) is 3.42. The van der Waals surface area contributed by atoms with Gasteiger partial charge in [0.15, 0.2) is 5.82 Å². The second-order valence-electron chi connectivity index (χ2n) is 7.65. The number of anilines is 1. The molecule has 3 heterocycles. The van der Waals surface area contributed by atoms with Crippen molar-refractivity contribution in [3.05, 3.63) is 53.5 Å². The van der Waals surface area contributed by atoms with E-state index in [-0.39, 0.29) is 5.82 Å². The van der Waals surface area contributed by atoms with Gasteiger partial charge in [-0.15, -0.1) is 5.10 Å². The largest absolute Gasteiger partial charge is 0.355 e. The van der Waals surface area contributed by atoms with Gasteiger partial charge in [0.25, 0.3) is 0 Å². The number of rotatable bonds is 3. The molecule has 0 radical (unpaired) electrons. The Bertz CT molecular complexity index is 715. The van der Waals surface area contributed by atoms with E-state index in [4.69, 9.17) is 0 Å². The van der Waals surface area contributed by atoms with Gasteiger partial charge in [-0.25, -0.2) is 4.39 Å². The third-order valence-electron chi connectivity index (χ3n) is 5.61. The fraction of sp³-hybridized carbons (Fsp3) is 0.500. The summed E-state index contributed by atoms with van der Waals surface area (Å²) in [5.41, 5.74) is 2.50. The standard InChI is InChI=1S/C20H25FN4/c1-16-3-8-19(23-22-16)25-11-2-9-20(15-25)10-12-24(14-20)13-17-4-6-18(21)7-5-17/h3-8H,2,9-15H2,1H3/t20-/m0/s1. The van der Waals surface area contributed by atoms with Gasteiger partial charge < -0.3 is 4.90 Å². The van der Waals surface area contributed by atoms with Crippen LogP contribution in [0, 0.1) is 18.2 Å². The number of aromatic nitrogens is 2. The van der Waals surface area contributed by atoms with Gasteiger partial charge in [-0.3, -0.25) is 4.90 Å². The molecule has 2 saturated heterocycles. The minimum absolute atomic E-state index is 0.163. The lowest BCUT2D eigenvalue weighted by molar-refractivity contribution is 0.216. The summed E-state index contributed by atoms with van der Waals surface area (Å²) in [6.45, 7) is 7.23. The lowest BCUT2D eigenvalue weighted by atomic mass is 9.79. The van der Waals surface area contributed by atoms with E-state index < -0.39 is 0 Å². The molecule has 1 atom stereocenters. The third kappa shape index (κ3) is 3.66. The van der Waals surface area contributed by atoms with Crippen LogP contribution in [0.1, 0.15) is 30.5 Å². The number of piperidine rings is 1. The topological polar surface area (TPSA) is 32.3 Å². The van der Waals surface area contributed by atoms with Crippen LogP contribution in [0.2, 0.25) is 0 Å². The zero-order valence-electron chi connectivity index (χ0n) is 14.8. The molecule has 2 aliphatic rings. The van der Waals surface area contributed by atoms with Crippen molar-refractivity contribution in [1.82, 2.24) is 15.1 Å². The van der Waals surface area contributed by atoms with Crippen LogP contribution < -0.4 is 4.90 Å². The number of hydrogen-bond acceptors (Lipinski definition) is 4. The van der Waals surface area contributed by atoms with Gasteiger partial charge in [-0.2, -0.15) is 5.10 Å². The normalized spacial score (nSPS) is 24.2. The maximum atomic E-state index is 13.1. The third-order valence-corrected chi connectivity index (χ3v) is 5.61. The first kappa shape index (κ1) is 16.5. The van der Waals surface area contributed by atoms with Crippen LogP contribution in [0.25, 0.3) is 0 Å². The summed E-state index contributed by atoms with van der Waals surface area (Å²) in [6, 6.07) is 11.0. The highest BCUT2D eigenvalue weighted by Gasteiger charge is 2.41. The van der Waals surface area contributed by atoms with Gasteiger partial charge in [0.2, 0.25) is 0 Å². The van der Waals surface area contributed by atoms with E-state index in [2.05, 4.69) is 26.1 Å². The molecule has 2 fully saturated rings. The van der Waals surface area contributed by atoms with Crippen molar-refractivity contribution in [2.75, 3.05) is 31.1 Å². The van der Waals surface area contributed by atoms with Gasteiger partial charge in [0, 0.05) is 31.6 Å². The van der Waals surface area contributed by atoms with Crippen molar-refractivity contribution >= 4 is 5.82 Å². The molecule has 1 aromatic heterocycles. The second-order valence-corrected chi connectivity index (χ2v) is 7.65. The summed E-state index contributed by atoms with van der Waals surface area (Å²) in [7, 11) is 0. The summed E-state index contributed by atoms with van der Waals surface area (Å²) in [6.07, 6.45) is 3.71. The lowest BCUT2D eigenvalue weighted by Crippen LogP contribution is -2.45. The molecule has 1 spiro atoms. The molecule has 0 aliphatic carbocycles. The first-order valence-electron chi connectivity index (χ1n) is 9.14. The molecule has 132 valence electrons. The zero-order chi connectivity index (χ0) is 17.3. The van der Waals surface area contributed by atoms with Crippen molar-refractivity contribution in [3.8, 4) is 0 Å². The summed E-state index contributed by atoms with van der Waals surface area (Å²) >= 11 is 0. The van der Waals surface area contributed by atoms with E-state index >= 15 is 0 Å². The van der Waals surface area contributed by atoms with E-state index in [9.17, 15) is 4.39 Å². The Kier molecular flexibility index (Phi) is 4.42. The van der Waals surface area contributed by atoms with Crippen LogP contribution in [0.5, 0.6) is 0 Å². The fourth-order valence-corrected chi connectivity index (χ4v) is 4.31. The van der Waals surface area contributed by atoms with Crippen molar-refractivity contribution < 1.29 is 4.39 Å². The summed E-state index contributed by atoms with van der Waals surface area (Å²) in [5, 5.41) is 8.59. The Hall–Kier alpha value is -2.01. The zero-order valence-corrected chi connectivity index (χ0v) is 14.8. The molecule has 4 rings (SSSR count). The Balaban J connectivity index is 1.42. The van der Waals surface area contributed by atoms with Gasteiger partial charge >= 0.3 is 0 Å². The summed E-state index contributed by atoms with van der Waals surface area (Å²) < 4.78 is 13.1. The SMILES string of the molecule is Cc1ccc(N2CCC[C@@]3(CCN(Cc4ccc(F)cc4)C3)C2)nn1. The maximum Gasteiger partial charge on any atom is 0.151 e. The fourth-order valence-electron chi connectivity index (χ4n) is 4.31. The minimum atomic E-state index is -0.163. The Labute approximate surface area is 148 Å². The van der Waals surface area contributed by atoms with Crippen LogP contribution in [-0.4, -0.2) is 41.3 Å². The highest BCUT2D eigenvalue weighted by molar-refractivity contribution is 5.38. The minimum Gasteiger partial charge on any atom is -0.355 e. The second kappa shape index (κ2) is 6.71. The smallest absolute Gasteiger partial charge is 0.151 e. The molecular weight excluding hydrogens is 315 g/mol. The van der Waals surface area contributed by atoms with Crippen molar-refractivity contribution in [2.24, 2.45) is 5.41 Å². The monoisotopic (exact) mass is 340 g/mol. The van der Waals surface area contributed by atoms with Gasteiger partial charge in [0.05, 0.1) is 5.69 Å². The van der Waals surface area contributed by atoms with E-state index in [1.807, 2.05) is 25.1 Å². The van der Waals surface area contributed by atoms with Crippen LogP contribution >= 0.6 is 0 Å². The van der Waals surface area contributed by atoms with Crippen LogP contribution in [0.3, 0.4) is 0 Å². The predicted molar refractivity (Wildman–Crippen MR) is 96.9 cm³/mol. The lowest BCUT2D eigenvalue weighted by Gasteiger charge is -2.41. The van der Waals surface area contributed by atoms with E-state index in [1.165, 1.54) is 24.8 Å². The first-order valence-corrected chi connectivity index (χ1v) is 9.14. The van der Waals surface area contributed by atoms with E-state index in [0.29, 0.717) is 5.41 Å². The summed E-state index contributed by atoms with van der Waals surface area (Å²) in [5.74, 6) is 0.838. The van der Waals surface area contributed by atoms with E-state index in [0.717, 1.165) is 44.2 Å². The highest BCUT2D eigenvalue weighted by Crippen LogP contribution is 2.40. The number of nitrogens with zero attached hydrogens (tertiary/aromatic N) is 4. The molecule has 0 saturated carbocycles. The number of halogens is 1. The van der Waals surface area contributed by atoms with Crippen molar-refractivity contribution in [2.45, 2.75) is 32.7 Å². The molecule has 2 aliphatic heterocycles. The Morgan fingerprint density at radius 2 is 1.84 bits per heavy atom. The molecule has 5 heteroatoms. The van der Waals surface area contributed by atoms with Gasteiger partial charge in [-0.1, -0.05) is 12.1 Å². The molecule has 0 unspecified atom stereocenters. The molecule has 0 bridgehead atoms. The van der Waals surface area contributed by atoms with Crippen LogP contribution in [-0.2, 0) is 6.54 Å². The molecule has 0 amide bonds. The molecule has 0 N–H and O–H groups in total. The van der Waals surface area contributed by atoms with Gasteiger partial charge in [0.1, 0.15) is 5.82 Å². The first-order chi connectivity index (χ1) is 12.1.